The molecule has 0 spiro atoms. The number of benzene rings is 1. The van der Waals surface area contributed by atoms with Gasteiger partial charge in [-0.1, -0.05) is 0 Å². The zero-order valence-corrected chi connectivity index (χ0v) is 13.9. The van der Waals surface area contributed by atoms with Crippen LogP contribution in [-0.4, -0.2) is 40.9 Å². The van der Waals surface area contributed by atoms with Crippen LogP contribution in [0.2, 0.25) is 0 Å². The van der Waals surface area contributed by atoms with Gasteiger partial charge in [-0.25, -0.2) is 9.37 Å². The molecule has 24 heavy (non-hydrogen) atoms. The predicted molar refractivity (Wildman–Crippen MR) is 88.3 cm³/mol. The van der Waals surface area contributed by atoms with Crippen molar-refractivity contribution in [3.8, 4) is 0 Å². The molecule has 1 fully saturated rings. The fraction of sp³-hybridized carbons (Fsp3) is 0.529. The number of nitrogens with zero attached hydrogens (tertiary/aromatic N) is 2. The van der Waals surface area contributed by atoms with Crippen molar-refractivity contribution < 1.29 is 18.7 Å². The zero-order chi connectivity index (χ0) is 17.1. The Kier molecular flexibility index (Phi) is 5.11. The average molecular weight is 335 g/mol. The summed E-state index contributed by atoms with van der Waals surface area (Å²) in [4.78, 5) is 16.5. The van der Waals surface area contributed by atoms with Crippen LogP contribution < -0.4 is 5.32 Å². The second-order valence-electron chi connectivity index (χ2n) is 6.08. The molecule has 0 unspecified atom stereocenters. The lowest BCUT2D eigenvalue weighted by Gasteiger charge is -2.23. The molecule has 1 amide bonds. The summed E-state index contributed by atoms with van der Waals surface area (Å²) in [6.45, 7) is 2.86. The zero-order valence-electron chi connectivity index (χ0n) is 13.9. The third-order valence-electron chi connectivity index (χ3n) is 4.25. The lowest BCUT2D eigenvalue weighted by Crippen LogP contribution is -2.33. The van der Waals surface area contributed by atoms with Gasteiger partial charge in [0.25, 0.3) is 5.91 Å². The van der Waals surface area contributed by atoms with E-state index >= 15 is 0 Å². The van der Waals surface area contributed by atoms with Gasteiger partial charge in [0.15, 0.2) is 0 Å². The Morgan fingerprint density at radius 3 is 3.12 bits per heavy atom. The van der Waals surface area contributed by atoms with Gasteiger partial charge < -0.3 is 14.0 Å². The van der Waals surface area contributed by atoms with Gasteiger partial charge in [-0.2, -0.15) is 0 Å². The van der Waals surface area contributed by atoms with E-state index in [0.29, 0.717) is 18.1 Å². The summed E-state index contributed by atoms with van der Waals surface area (Å²) in [5, 5.41) is 2.73. The van der Waals surface area contributed by atoms with Crippen LogP contribution >= 0.6 is 0 Å². The van der Waals surface area contributed by atoms with Crippen molar-refractivity contribution in [3.05, 3.63) is 24.0 Å². The first-order valence-electron chi connectivity index (χ1n) is 8.20. The predicted octanol–water partition coefficient (Wildman–Crippen LogP) is 2.63. The largest absolute Gasteiger partial charge is 0.376 e. The first-order chi connectivity index (χ1) is 11.5. The molecule has 1 saturated heterocycles. The molecule has 3 rings (SSSR count). The maximum atomic E-state index is 13.3. The second kappa shape index (κ2) is 7.27. The number of imidazole rings is 1. The van der Waals surface area contributed by atoms with E-state index in [2.05, 4.69) is 10.3 Å². The summed E-state index contributed by atoms with van der Waals surface area (Å²) >= 11 is 0. The fourth-order valence-electron chi connectivity index (χ4n) is 2.76. The summed E-state index contributed by atoms with van der Waals surface area (Å²) in [6, 6.07) is 4.34. The molecule has 1 aliphatic heterocycles. The Morgan fingerprint density at radius 1 is 1.54 bits per heavy atom. The Bertz CT molecular complexity index is 725. The van der Waals surface area contributed by atoms with E-state index in [9.17, 15) is 9.18 Å². The molecule has 0 bridgehead atoms. The number of anilines is 1. The van der Waals surface area contributed by atoms with Crippen LogP contribution in [-0.2, 0) is 21.3 Å². The van der Waals surface area contributed by atoms with Crippen LogP contribution in [0.15, 0.2) is 18.2 Å². The molecule has 1 aromatic heterocycles. The third kappa shape index (κ3) is 3.73. The van der Waals surface area contributed by atoms with E-state index in [1.54, 1.807) is 24.6 Å². The number of carbonyl (C=O) groups excluding carboxylic acids is 1. The quantitative estimate of drug-likeness (QED) is 0.912. The smallest absolute Gasteiger partial charge is 0.255 e. The second-order valence-corrected chi connectivity index (χ2v) is 6.08. The summed E-state index contributed by atoms with van der Waals surface area (Å²) in [5.41, 5.74) is 1.24. The Balaban J connectivity index is 1.60. The number of halogens is 1. The highest BCUT2D eigenvalue weighted by Gasteiger charge is 2.20. The molecule has 6 nitrogen and oxygen atoms in total. The van der Waals surface area contributed by atoms with Crippen molar-refractivity contribution in [1.29, 1.82) is 0 Å². The molecular weight excluding hydrogens is 313 g/mol. The van der Waals surface area contributed by atoms with E-state index in [1.807, 2.05) is 0 Å². The maximum Gasteiger partial charge on any atom is 0.255 e. The lowest BCUT2D eigenvalue weighted by atomic mass is 10.1. The van der Waals surface area contributed by atoms with E-state index in [0.717, 1.165) is 31.4 Å². The molecular formula is C17H22FN3O3. The molecule has 1 aliphatic rings. The number of amides is 1. The Hall–Kier alpha value is -1.99. The lowest BCUT2D eigenvalue weighted by molar-refractivity contribution is -0.130. The number of aryl methyl sites for hydroxylation is 1. The van der Waals surface area contributed by atoms with E-state index in [4.69, 9.17) is 9.47 Å². The van der Waals surface area contributed by atoms with Crippen LogP contribution in [0.4, 0.5) is 10.3 Å². The number of aromatic nitrogens is 2. The van der Waals surface area contributed by atoms with Gasteiger partial charge in [-0.05, 0) is 38.3 Å². The molecule has 0 radical (unpaired) electrons. The number of hydrogen-bond donors (Lipinski definition) is 1. The molecule has 2 aromatic rings. The number of nitrogens with one attached hydrogen (secondary N) is 1. The molecule has 1 aromatic carbocycles. The average Bonchev–Trinajstić information content (AvgIpc) is 2.88. The minimum Gasteiger partial charge on any atom is -0.376 e. The van der Waals surface area contributed by atoms with Crippen molar-refractivity contribution >= 4 is 22.9 Å². The van der Waals surface area contributed by atoms with Crippen LogP contribution in [0.5, 0.6) is 0 Å². The number of ether oxygens (including phenoxy) is 2. The van der Waals surface area contributed by atoms with Crippen molar-refractivity contribution in [2.75, 3.05) is 18.5 Å². The van der Waals surface area contributed by atoms with Crippen molar-refractivity contribution in [2.24, 2.45) is 7.05 Å². The summed E-state index contributed by atoms with van der Waals surface area (Å²) in [6.07, 6.45) is 2.62. The molecule has 1 N–H and O–H groups in total. The molecule has 130 valence electrons. The van der Waals surface area contributed by atoms with Gasteiger partial charge in [-0.3, -0.25) is 10.1 Å². The summed E-state index contributed by atoms with van der Waals surface area (Å²) in [5.74, 6) is -0.280. The van der Waals surface area contributed by atoms with Gasteiger partial charge in [0.1, 0.15) is 11.9 Å². The highest BCUT2D eigenvalue weighted by atomic mass is 19.1. The molecule has 0 aliphatic carbocycles. The van der Waals surface area contributed by atoms with Crippen molar-refractivity contribution in [1.82, 2.24) is 9.55 Å². The van der Waals surface area contributed by atoms with Gasteiger partial charge in [0.05, 0.1) is 23.7 Å². The number of carbonyl (C=O) groups is 1. The maximum absolute atomic E-state index is 13.3. The Labute approximate surface area is 139 Å². The van der Waals surface area contributed by atoms with Crippen molar-refractivity contribution in [2.45, 2.75) is 38.4 Å². The van der Waals surface area contributed by atoms with Crippen LogP contribution in [0.1, 0.15) is 26.2 Å². The summed E-state index contributed by atoms with van der Waals surface area (Å²) in [7, 11) is 1.77. The van der Waals surface area contributed by atoms with E-state index in [-0.39, 0.29) is 17.8 Å². The fourth-order valence-corrected chi connectivity index (χ4v) is 2.76. The van der Waals surface area contributed by atoms with Crippen molar-refractivity contribution in [3.63, 3.8) is 0 Å². The molecule has 7 heteroatoms. The van der Waals surface area contributed by atoms with E-state index in [1.165, 1.54) is 12.1 Å². The van der Waals surface area contributed by atoms with Gasteiger partial charge in [0, 0.05) is 19.7 Å². The van der Waals surface area contributed by atoms with Gasteiger partial charge in [-0.15, -0.1) is 0 Å². The van der Waals surface area contributed by atoms with Crippen LogP contribution in [0.25, 0.3) is 11.0 Å². The highest BCUT2D eigenvalue weighted by Crippen LogP contribution is 2.19. The van der Waals surface area contributed by atoms with Gasteiger partial charge >= 0.3 is 0 Å². The molecule has 2 atom stereocenters. The van der Waals surface area contributed by atoms with E-state index < -0.39 is 6.10 Å². The topological polar surface area (TPSA) is 65.4 Å². The monoisotopic (exact) mass is 335 g/mol. The minimum absolute atomic E-state index is 0.0627. The first-order valence-corrected chi connectivity index (χ1v) is 8.20. The van der Waals surface area contributed by atoms with Crippen LogP contribution in [0.3, 0.4) is 0 Å². The molecule has 0 saturated carbocycles. The van der Waals surface area contributed by atoms with Gasteiger partial charge in [0.2, 0.25) is 5.95 Å². The Morgan fingerprint density at radius 2 is 2.38 bits per heavy atom. The third-order valence-corrected chi connectivity index (χ3v) is 4.25. The minimum atomic E-state index is -0.618. The van der Waals surface area contributed by atoms with Crippen LogP contribution in [0, 0.1) is 5.82 Å². The normalized spacial score (nSPS) is 19.4. The molecule has 2 heterocycles. The number of hydrogen-bond acceptors (Lipinski definition) is 4. The first kappa shape index (κ1) is 16.9. The SMILES string of the molecule is C[C@H](OC[C@@H]1CCCCO1)C(=O)Nc1nc2cc(F)ccc2n1C. The summed E-state index contributed by atoms with van der Waals surface area (Å²) < 4.78 is 26.2. The standard InChI is InChI=1S/C17H22FN3O3/c1-11(24-10-13-5-3-4-8-23-13)16(22)20-17-19-14-9-12(18)6-7-15(14)21(17)2/h6-7,9,11,13H,3-5,8,10H2,1-2H3,(H,19,20,22)/t11-,13-/m0/s1. The number of rotatable bonds is 5. The number of fused-ring (bicyclic) bond motifs is 1. The highest BCUT2D eigenvalue weighted by molar-refractivity contribution is 5.94.